The Kier molecular flexibility index (Phi) is 6.13. The van der Waals surface area contributed by atoms with E-state index in [0.717, 1.165) is 19.3 Å². The molecule has 1 fully saturated rings. The zero-order valence-electron chi connectivity index (χ0n) is 14.3. The number of carbonyl (C=O) groups is 1. The fourth-order valence-electron chi connectivity index (χ4n) is 3.48. The van der Waals surface area contributed by atoms with Gasteiger partial charge >= 0.3 is 0 Å². The summed E-state index contributed by atoms with van der Waals surface area (Å²) >= 11 is 0. The third kappa shape index (κ3) is 4.30. The molecule has 0 spiro atoms. The summed E-state index contributed by atoms with van der Waals surface area (Å²) in [5, 5.41) is 9.10. The molecule has 1 heterocycles. The molecule has 1 aromatic rings. The molecule has 128 valence electrons. The molecule has 0 saturated carbocycles. The van der Waals surface area contributed by atoms with Gasteiger partial charge in [0.25, 0.3) is 5.91 Å². The van der Waals surface area contributed by atoms with Crippen LogP contribution in [0.15, 0.2) is 18.2 Å². The molecule has 2 rings (SSSR count). The van der Waals surface area contributed by atoms with Crippen LogP contribution in [-0.2, 0) is 0 Å². The Morgan fingerprint density at radius 2 is 2.17 bits per heavy atom. The largest absolute Gasteiger partial charge is 0.396 e. The summed E-state index contributed by atoms with van der Waals surface area (Å²) in [6, 6.07) is 4.97. The van der Waals surface area contributed by atoms with Crippen LogP contribution in [0.1, 0.15) is 35.2 Å². The molecule has 1 aliphatic rings. The van der Waals surface area contributed by atoms with Crippen molar-refractivity contribution >= 4 is 5.91 Å². The van der Waals surface area contributed by atoms with Crippen LogP contribution in [0.2, 0.25) is 0 Å². The van der Waals surface area contributed by atoms with Crippen molar-refractivity contribution in [3.63, 3.8) is 0 Å². The van der Waals surface area contributed by atoms with Gasteiger partial charge in [-0.1, -0.05) is 0 Å². The van der Waals surface area contributed by atoms with Crippen molar-refractivity contribution < 1.29 is 14.3 Å². The molecular weight excluding hydrogens is 295 g/mol. The number of aliphatic hydroxyl groups excluding tert-OH is 1. The Hall–Kier alpha value is -1.46. The number of aryl methyl sites for hydroxylation is 1. The van der Waals surface area contributed by atoms with E-state index < -0.39 is 0 Å². The van der Waals surface area contributed by atoms with Crippen molar-refractivity contribution in [2.45, 2.75) is 32.2 Å². The third-order valence-electron chi connectivity index (χ3n) is 4.78. The Bertz CT molecular complexity index is 548. The van der Waals surface area contributed by atoms with E-state index in [1.54, 1.807) is 19.1 Å². The fourth-order valence-corrected chi connectivity index (χ4v) is 3.48. The number of aliphatic hydroxyl groups is 1. The molecule has 1 N–H and O–H groups in total. The zero-order chi connectivity index (χ0) is 17.0. The minimum absolute atomic E-state index is 0.0284. The Morgan fingerprint density at radius 3 is 2.78 bits per heavy atom. The molecule has 2 atom stereocenters. The predicted octanol–water partition coefficient (Wildman–Crippen LogP) is 2.30. The van der Waals surface area contributed by atoms with E-state index in [1.807, 2.05) is 4.90 Å². The van der Waals surface area contributed by atoms with Crippen molar-refractivity contribution in [3.8, 4) is 0 Å². The lowest BCUT2D eigenvalue weighted by molar-refractivity contribution is 0.0495. The molecule has 1 saturated heterocycles. The maximum absolute atomic E-state index is 13.4. The highest BCUT2D eigenvalue weighted by molar-refractivity contribution is 5.94. The SMILES string of the molecule is Cc1cc(C(=O)N2CC[C@H](N(C)C)[C@H](CCCO)C2)ccc1F. The Morgan fingerprint density at radius 1 is 1.43 bits per heavy atom. The molecule has 23 heavy (non-hydrogen) atoms. The smallest absolute Gasteiger partial charge is 0.253 e. The normalized spacial score (nSPS) is 21.7. The highest BCUT2D eigenvalue weighted by Crippen LogP contribution is 2.26. The predicted molar refractivity (Wildman–Crippen MR) is 88.9 cm³/mol. The van der Waals surface area contributed by atoms with Crippen molar-refractivity contribution in [3.05, 3.63) is 35.1 Å². The minimum atomic E-state index is -0.284. The number of likely N-dealkylation sites (tertiary alicyclic amines) is 1. The molecule has 4 nitrogen and oxygen atoms in total. The number of hydrogen-bond donors (Lipinski definition) is 1. The molecule has 0 radical (unpaired) electrons. The lowest BCUT2D eigenvalue weighted by Crippen LogP contribution is -2.50. The average Bonchev–Trinajstić information content (AvgIpc) is 2.54. The number of rotatable bonds is 5. The summed E-state index contributed by atoms with van der Waals surface area (Å²) in [7, 11) is 4.13. The van der Waals surface area contributed by atoms with Crippen molar-refractivity contribution in [2.75, 3.05) is 33.8 Å². The van der Waals surface area contributed by atoms with Gasteiger partial charge in [-0.3, -0.25) is 4.79 Å². The standard InChI is InChI=1S/C18H27FN2O2/c1-13-11-14(6-7-16(13)19)18(23)21-9-8-17(20(2)3)15(12-21)5-4-10-22/h6-7,11,15,17,22H,4-5,8-10,12H2,1-3H3/t15-,17+/m1/s1. The van der Waals surface area contributed by atoms with Gasteiger partial charge in [-0.2, -0.15) is 0 Å². The Balaban J connectivity index is 2.10. The number of piperidine rings is 1. The molecule has 0 unspecified atom stereocenters. The second-order valence-corrected chi connectivity index (χ2v) is 6.66. The van der Waals surface area contributed by atoms with E-state index >= 15 is 0 Å². The molecule has 1 amide bonds. The van der Waals surface area contributed by atoms with Gasteiger partial charge in [-0.05, 0) is 70.0 Å². The maximum Gasteiger partial charge on any atom is 0.253 e. The lowest BCUT2D eigenvalue weighted by Gasteiger charge is -2.41. The van der Waals surface area contributed by atoms with Gasteiger partial charge in [0.1, 0.15) is 5.82 Å². The van der Waals surface area contributed by atoms with E-state index in [-0.39, 0.29) is 18.3 Å². The van der Waals surface area contributed by atoms with E-state index in [9.17, 15) is 9.18 Å². The number of nitrogens with zero attached hydrogens (tertiary/aromatic N) is 2. The van der Waals surface area contributed by atoms with Gasteiger partial charge in [0, 0.05) is 31.3 Å². The van der Waals surface area contributed by atoms with Crippen molar-refractivity contribution in [1.82, 2.24) is 9.80 Å². The zero-order valence-corrected chi connectivity index (χ0v) is 14.3. The second-order valence-electron chi connectivity index (χ2n) is 6.66. The summed E-state index contributed by atoms with van der Waals surface area (Å²) in [5.41, 5.74) is 1.05. The van der Waals surface area contributed by atoms with E-state index in [1.165, 1.54) is 6.07 Å². The summed E-state index contributed by atoms with van der Waals surface area (Å²) in [6.45, 7) is 3.27. The highest BCUT2D eigenvalue weighted by atomic mass is 19.1. The third-order valence-corrected chi connectivity index (χ3v) is 4.78. The summed E-state index contributed by atoms with van der Waals surface area (Å²) in [6.07, 6.45) is 2.59. The van der Waals surface area contributed by atoms with Gasteiger partial charge < -0.3 is 14.9 Å². The lowest BCUT2D eigenvalue weighted by atomic mass is 9.87. The monoisotopic (exact) mass is 322 g/mol. The average molecular weight is 322 g/mol. The van der Waals surface area contributed by atoms with Gasteiger partial charge in [-0.25, -0.2) is 4.39 Å². The van der Waals surface area contributed by atoms with E-state index in [0.29, 0.717) is 36.2 Å². The molecule has 0 aliphatic carbocycles. The van der Waals surface area contributed by atoms with Crippen LogP contribution >= 0.6 is 0 Å². The molecule has 1 aliphatic heterocycles. The number of amides is 1. The highest BCUT2D eigenvalue weighted by Gasteiger charge is 2.32. The number of halogens is 1. The first-order chi connectivity index (χ1) is 10.9. The van der Waals surface area contributed by atoms with Crippen LogP contribution < -0.4 is 0 Å². The quantitative estimate of drug-likeness (QED) is 0.905. The molecule has 0 bridgehead atoms. The Labute approximate surface area is 137 Å². The molecule has 0 aromatic heterocycles. The van der Waals surface area contributed by atoms with E-state index in [4.69, 9.17) is 5.11 Å². The summed E-state index contributed by atoms with van der Waals surface area (Å²) in [4.78, 5) is 16.8. The number of benzene rings is 1. The van der Waals surface area contributed by atoms with Crippen molar-refractivity contribution in [2.24, 2.45) is 5.92 Å². The van der Waals surface area contributed by atoms with Gasteiger partial charge in [-0.15, -0.1) is 0 Å². The first-order valence-corrected chi connectivity index (χ1v) is 8.26. The number of hydrogen-bond acceptors (Lipinski definition) is 3. The van der Waals surface area contributed by atoms with Crippen molar-refractivity contribution in [1.29, 1.82) is 0 Å². The number of carbonyl (C=O) groups excluding carboxylic acids is 1. The van der Waals surface area contributed by atoms with Crippen LogP contribution in [0.5, 0.6) is 0 Å². The maximum atomic E-state index is 13.4. The molecule has 5 heteroatoms. The first-order valence-electron chi connectivity index (χ1n) is 8.26. The topological polar surface area (TPSA) is 43.8 Å². The van der Waals surface area contributed by atoms with E-state index in [2.05, 4.69) is 19.0 Å². The second kappa shape index (κ2) is 7.88. The van der Waals surface area contributed by atoms with Crippen LogP contribution in [0.25, 0.3) is 0 Å². The van der Waals surface area contributed by atoms with Crippen LogP contribution in [0, 0.1) is 18.7 Å². The van der Waals surface area contributed by atoms with Gasteiger partial charge in [0.05, 0.1) is 0 Å². The minimum Gasteiger partial charge on any atom is -0.396 e. The molecule has 1 aromatic carbocycles. The fraction of sp³-hybridized carbons (Fsp3) is 0.611. The first kappa shape index (κ1) is 17.9. The van der Waals surface area contributed by atoms with Crippen LogP contribution in [0.4, 0.5) is 4.39 Å². The van der Waals surface area contributed by atoms with Gasteiger partial charge in [0.15, 0.2) is 0 Å². The van der Waals surface area contributed by atoms with Crippen LogP contribution in [0.3, 0.4) is 0 Å². The summed E-state index contributed by atoms with van der Waals surface area (Å²) in [5.74, 6) is 0.0457. The van der Waals surface area contributed by atoms with Gasteiger partial charge in [0.2, 0.25) is 0 Å². The summed E-state index contributed by atoms with van der Waals surface area (Å²) < 4.78 is 13.4. The molecular formula is C18H27FN2O2. The van der Waals surface area contributed by atoms with Crippen LogP contribution in [-0.4, -0.2) is 60.6 Å².